The molecule has 2 radical (unpaired) electrons. The molecule has 0 spiro atoms. The third kappa shape index (κ3) is 8.82. The van der Waals surface area contributed by atoms with Crippen LogP contribution in [0.2, 0.25) is 23.3 Å². The molecule has 0 N–H and O–H groups in total. The molecule has 4 fully saturated rings. The Morgan fingerprint density at radius 1 is 0.796 bits per heavy atom. The fourth-order valence-electron chi connectivity index (χ4n) is 8.60. The van der Waals surface area contributed by atoms with Crippen molar-refractivity contribution in [3.63, 3.8) is 0 Å². The van der Waals surface area contributed by atoms with Crippen LogP contribution in [0.3, 0.4) is 0 Å². The second kappa shape index (κ2) is 15.4. The molecule has 262 valence electrons. The van der Waals surface area contributed by atoms with Crippen LogP contribution < -0.4 is 0 Å². The Morgan fingerprint density at radius 2 is 1.33 bits per heavy atom. The summed E-state index contributed by atoms with van der Waals surface area (Å²) < 4.78 is 18.5. The molecule has 0 amide bonds. The highest BCUT2D eigenvalue weighted by atomic mass is 16.6. The highest BCUT2D eigenvalue weighted by molar-refractivity contribution is 6.54. The van der Waals surface area contributed by atoms with Crippen LogP contribution in [0.15, 0.2) is 60.7 Å². The van der Waals surface area contributed by atoms with Gasteiger partial charge in [0.2, 0.25) is 0 Å². The molecule has 0 aromatic heterocycles. The van der Waals surface area contributed by atoms with Gasteiger partial charge in [0.05, 0.1) is 0 Å². The summed E-state index contributed by atoms with van der Waals surface area (Å²) in [5.41, 5.74) is 0.401. The van der Waals surface area contributed by atoms with Crippen molar-refractivity contribution in [3.05, 3.63) is 71.8 Å². The first-order valence-corrected chi connectivity index (χ1v) is 18.4. The largest absolute Gasteiger partial charge is 0.464 e. The second-order valence-corrected chi connectivity index (χ2v) is 16.0. The molecule has 7 nitrogen and oxygen atoms in total. The molecule has 2 atom stereocenters. The molecule has 6 rings (SSSR count). The number of esters is 3. The SMILES string of the molecule is CCC(C)([B]CC(C)([B]CCC(=O)OC(C)(c1ccccc1)c1ccccc1)C(=O)OC12CC3CC(CC(C3)C1)C2)C(=O)OCCN(C)C. The van der Waals surface area contributed by atoms with Gasteiger partial charge in [-0.05, 0) is 94.8 Å². The molecule has 4 saturated carbocycles. The van der Waals surface area contributed by atoms with Crippen molar-refractivity contribution in [2.45, 2.75) is 114 Å². The lowest BCUT2D eigenvalue weighted by Gasteiger charge is -2.56. The van der Waals surface area contributed by atoms with E-state index in [2.05, 4.69) is 0 Å². The molecule has 0 aliphatic heterocycles. The Labute approximate surface area is 295 Å². The maximum atomic E-state index is 14.3. The zero-order valence-corrected chi connectivity index (χ0v) is 30.5. The fourth-order valence-corrected chi connectivity index (χ4v) is 8.60. The van der Waals surface area contributed by atoms with Crippen molar-refractivity contribution < 1.29 is 28.6 Å². The van der Waals surface area contributed by atoms with Crippen LogP contribution in [0.4, 0.5) is 0 Å². The van der Waals surface area contributed by atoms with E-state index in [1.807, 2.05) is 122 Å². The van der Waals surface area contributed by atoms with Gasteiger partial charge in [-0.15, -0.1) is 0 Å². The number of hydrogen-bond acceptors (Lipinski definition) is 7. The number of ether oxygens (including phenoxy) is 3. The monoisotopic (exact) mass is 667 g/mol. The normalized spacial score (nSPS) is 25.2. The van der Waals surface area contributed by atoms with Gasteiger partial charge in [0.25, 0.3) is 0 Å². The first-order chi connectivity index (χ1) is 23.3. The predicted octanol–water partition coefficient (Wildman–Crippen LogP) is 7.51. The Bertz CT molecular complexity index is 1360. The van der Waals surface area contributed by atoms with Crippen molar-refractivity contribution in [3.8, 4) is 0 Å². The van der Waals surface area contributed by atoms with Crippen LogP contribution in [-0.2, 0) is 34.2 Å². The van der Waals surface area contributed by atoms with Crippen molar-refractivity contribution >= 4 is 32.5 Å². The summed E-state index contributed by atoms with van der Waals surface area (Å²) >= 11 is 0. The maximum Gasteiger partial charge on any atom is 0.306 e. The van der Waals surface area contributed by atoms with Crippen molar-refractivity contribution in [1.29, 1.82) is 0 Å². The number of carbonyl (C=O) groups is 3. The van der Waals surface area contributed by atoms with E-state index in [0.717, 1.165) is 30.4 Å². The molecular formula is C40H55B2NO6. The van der Waals surface area contributed by atoms with Crippen molar-refractivity contribution in [2.24, 2.45) is 17.8 Å². The highest BCUT2D eigenvalue weighted by Gasteiger charge is 2.54. The predicted molar refractivity (Wildman–Crippen MR) is 195 cm³/mol. The summed E-state index contributed by atoms with van der Waals surface area (Å²) in [5.74, 6) is 1.00. The molecule has 2 aromatic carbocycles. The Hall–Kier alpha value is -3.06. The summed E-state index contributed by atoms with van der Waals surface area (Å²) in [6.45, 7) is 8.59. The van der Waals surface area contributed by atoms with Gasteiger partial charge < -0.3 is 19.1 Å². The van der Waals surface area contributed by atoms with E-state index in [1.165, 1.54) is 19.3 Å². The minimum atomic E-state index is -1.04. The molecule has 2 aromatic rings. The molecule has 9 heteroatoms. The van der Waals surface area contributed by atoms with Crippen LogP contribution in [-0.4, -0.2) is 70.2 Å². The van der Waals surface area contributed by atoms with Crippen LogP contribution >= 0.6 is 0 Å². The molecule has 0 saturated heterocycles. The number of likely N-dealkylation sites (N-methyl/N-ethyl adjacent to an activating group) is 1. The van der Waals surface area contributed by atoms with Crippen molar-refractivity contribution in [2.75, 3.05) is 27.2 Å². The lowest BCUT2D eigenvalue weighted by molar-refractivity contribution is -0.189. The zero-order valence-electron chi connectivity index (χ0n) is 30.5. The van der Waals surface area contributed by atoms with Crippen LogP contribution in [0.5, 0.6) is 0 Å². The Morgan fingerprint density at radius 3 is 1.82 bits per heavy atom. The summed E-state index contributed by atoms with van der Waals surface area (Å²) in [6, 6.07) is 19.5. The van der Waals surface area contributed by atoms with Gasteiger partial charge in [-0.3, -0.25) is 14.4 Å². The Balaban J connectivity index is 1.29. The highest BCUT2D eigenvalue weighted by Crippen LogP contribution is 2.58. The molecule has 2 unspecified atom stereocenters. The maximum absolute atomic E-state index is 14.3. The van der Waals surface area contributed by atoms with Gasteiger partial charge in [-0.25, -0.2) is 0 Å². The quantitative estimate of drug-likeness (QED) is 0.0982. The van der Waals surface area contributed by atoms with E-state index in [9.17, 15) is 14.4 Å². The zero-order chi connectivity index (χ0) is 35.3. The number of benzene rings is 2. The lowest BCUT2D eigenvalue weighted by Crippen LogP contribution is -2.54. The van der Waals surface area contributed by atoms with Crippen LogP contribution in [0, 0.1) is 17.8 Å². The first kappa shape index (κ1) is 37.2. The molecule has 49 heavy (non-hydrogen) atoms. The van der Waals surface area contributed by atoms with Gasteiger partial charge in [0.15, 0.2) is 5.60 Å². The minimum Gasteiger partial charge on any atom is -0.464 e. The standard InChI is InChI=1S/C40H55B2NO6/c1-7-37(2,35(45)47-21-20-43(5)6)42-28-38(3,36(46)49-40-25-29-22-30(26-40)24-31(23-29)27-40)41-19-18-34(44)48-39(4,32-14-10-8-11-15-32)33-16-12-9-13-17-33/h8-17,29-31H,7,18-28H2,1-6H3. The molecule has 4 bridgehead atoms. The third-order valence-corrected chi connectivity index (χ3v) is 11.6. The average Bonchev–Trinajstić information content (AvgIpc) is 3.07. The van der Waals surface area contributed by atoms with Gasteiger partial charge in [-0.1, -0.05) is 94.1 Å². The van der Waals surface area contributed by atoms with Gasteiger partial charge in [-0.2, -0.15) is 0 Å². The van der Waals surface area contributed by atoms with E-state index in [1.54, 1.807) is 0 Å². The van der Waals surface area contributed by atoms with Crippen LogP contribution in [0.25, 0.3) is 0 Å². The summed E-state index contributed by atoms with van der Waals surface area (Å²) in [6.07, 6.45) is 7.87. The fraction of sp³-hybridized carbons (Fsp3) is 0.625. The minimum absolute atomic E-state index is 0.104. The molecule has 0 heterocycles. The average molecular weight is 668 g/mol. The summed E-state index contributed by atoms with van der Waals surface area (Å²) in [7, 11) is 7.73. The lowest BCUT2D eigenvalue weighted by atomic mass is 9.38. The number of nitrogens with zero attached hydrogens (tertiary/aromatic N) is 1. The summed E-state index contributed by atoms with van der Waals surface area (Å²) in [4.78, 5) is 43.1. The first-order valence-electron chi connectivity index (χ1n) is 18.4. The number of carbonyl (C=O) groups excluding carboxylic acids is 3. The number of rotatable bonds is 17. The smallest absolute Gasteiger partial charge is 0.306 e. The Kier molecular flexibility index (Phi) is 11.7. The topological polar surface area (TPSA) is 82.1 Å². The molecule has 4 aliphatic carbocycles. The van der Waals surface area contributed by atoms with E-state index in [0.29, 0.717) is 50.0 Å². The second-order valence-electron chi connectivity index (χ2n) is 16.0. The van der Waals surface area contributed by atoms with Crippen LogP contribution in [0.1, 0.15) is 90.2 Å². The van der Waals surface area contributed by atoms with Gasteiger partial charge in [0, 0.05) is 23.6 Å². The third-order valence-electron chi connectivity index (χ3n) is 11.6. The molecular weight excluding hydrogens is 612 g/mol. The van der Waals surface area contributed by atoms with Crippen molar-refractivity contribution in [1.82, 2.24) is 4.90 Å². The van der Waals surface area contributed by atoms with E-state index in [-0.39, 0.29) is 24.3 Å². The number of hydrogen-bond donors (Lipinski definition) is 0. The van der Waals surface area contributed by atoms with E-state index in [4.69, 9.17) is 14.2 Å². The summed E-state index contributed by atoms with van der Waals surface area (Å²) in [5, 5.41) is -1.90. The van der Waals surface area contributed by atoms with Gasteiger partial charge >= 0.3 is 17.9 Å². The van der Waals surface area contributed by atoms with E-state index < -0.39 is 21.8 Å². The van der Waals surface area contributed by atoms with Gasteiger partial charge in [0.1, 0.15) is 26.8 Å². The van der Waals surface area contributed by atoms with E-state index >= 15 is 0 Å². The molecule has 4 aliphatic rings.